The van der Waals surface area contributed by atoms with Crippen molar-refractivity contribution in [3.05, 3.63) is 86.3 Å². The molecular weight excluding hydrogens is 385 g/mol. The summed E-state index contributed by atoms with van der Waals surface area (Å²) in [6, 6.07) is 16.3. The molecule has 2 N–H and O–H groups in total. The zero-order valence-corrected chi connectivity index (χ0v) is 15.8. The summed E-state index contributed by atoms with van der Waals surface area (Å²) < 4.78 is 1.52. The quantitative estimate of drug-likeness (QED) is 0.673. The van der Waals surface area contributed by atoms with Crippen LogP contribution in [0.15, 0.2) is 64.4 Å². The number of anilines is 2. The van der Waals surface area contributed by atoms with Gasteiger partial charge in [0.25, 0.3) is 5.56 Å². The average molecular weight is 400 g/mol. The number of aliphatic imine (C=N–C) groups is 1. The van der Waals surface area contributed by atoms with Crippen LogP contribution in [-0.4, -0.2) is 15.5 Å². The van der Waals surface area contributed by atoms with E-state index in [1.54, 1.807) is 25.1 Å². The second-order valence-electron chi connectivity index (χ2n) is 6.04. The molecule has 0 aliphatic carbocycles. The fraction of sp³-hybridized carbons (Fsp3) is 0.105. The topological polar surface area (TPSA) is 71.3 Å². The van der Waals surface area contributed by atoms with E-state index in [4.69, 9.17) is 23.2 Å². The minimum Gasteiger partial charge on any atom is -0.325 e. The van der Waals surface area contributed by atoms with E-state index >= 15 is 0 Å². The van der Waals surface area contributed by atoms with Gasteiger partial charge in [-0.05, 0) is 24.6 Å². The van der Waals surface area contributed by atoms with Crippen molar-refractivity contribution >= 4 is 40.8 Å². The van der Waals surface area contributed by atoms with E-state index in [0.29, 0.717) is 33.3 Å². The number of fused-ring (bicyclic) bond motifs is 1. The number of aryl methyl sites for hydroxylation is 1. The molecule has 1 unspecified atom stereocenters. The van der Waals surface area contributed by atoms with Gasteiger partial charge in [-0.25, -0.2) is 9.98 Å². The van der Waals surface area contributed by atoms with Crippen LogP contribution in [0.2, 0.25) is 10.0 Å². The average Bonchev–Trinajstić information content (AvgIpc) is 2.65. The number of halogens is 2. The van der Waals surface area contributed by atoms with Gasteiger partial charge in [-0.15, -0.1) is 0 Å². The van der Waals surface area contributed by atoms with Crippen LogP contribution in [0, 0.1) is 6.92 Å². The summed E-state index contributed by atoms with van der Waals surface area (Å²) in [5.74, 6) is 0.829. The van der Waals surface area contributed by atoms with Gasteiger partial charge in [0.1, 0.15) is 0 Å². The Hall–Kier alpha value is -2.83. The molecule has 1 atom stereocenters. The predicted octanol–water partition coefficient (Wildman–Crippen LogP) is 4.30. The highest BCUT2D eigenvalue weighted by Crippen LogP contribution is 2.31. The number of nitrogens with one attached hydrogen (secondary N) is 2. The van der Waals surface area contributed by atoms with Crippen LogP contribution in [-0.2, 0) is 0 Å². The van der Waals surface area contributed by atoms with Crippen molar-refractivity contribution in [2.45, 2.75) is 13.1 Å². The maximum absolute atomic E-state index is 12.6. The summed E-state index contributed by atoms with van der Waals surface area (Å²) in [5, 5.41) is 7.02. The molecule has 0 radical (unpaired) electrons. The third-order valence-corrected chi connectivity index (χ3v) is 4.93. The highest BCUT2D eigenvalue weighted by Gasteiger charge is 2.25. The van der Waals surface area contributed by atoms with Gasteiger partial charge in [-0.2, -0.15) is 0 Å². The predicted molar refractivity (Wildman–Crippen MR) is 109 cm³/mol. The largest absolute Gasteiger partial charge is 0.325 e. The zero-order valence-electron chi connectivity index (χ0n) is 14.3. The number of benzene rings is 2. The monoisotopic (exact) mass is 399 g/mol. The van der Waals surface area contributed by atoms with Crippen molar-refractivity contribution in [3.63, 3.8) is 0 Å². The SMILES string of the molecule is Cc1cc(=O)n2c(n1)NC(Nc1cccc(Cl)c1Cl)=NC2c1ccccc1. The third kappa shape index (κ3) is 3.41. The maximum atomic E-state index is 12.6. The standard InChI is InChI=1S/C19H15Cl2N5O/c1-11-10-15(27)26-17(12-6-3-2-4-7-12)24-18(25-19(26)22-11)23-14-9-5-8-13(20)16(14)21/h2-10,17H,1H3,(H2,22,23,24,25). The molecule has 1 aromatic heterocycles. The lowest BCUT2D eigenvalue weighted by atomic mass is 10.1. The molecule has 27 heavy (non-hydrogen) atoms. The molecule has 0 saturated heterocycles. The lowest BCUT2D eigenvalue weighted by Gasteiger charge is -2.27. The lowest BCUT2D eigenvalue weighted by molar-refractivity contribution is 0.577. The van der Waals surface area contributed by atoms with Gasteiger partial charge in [0, 0.05) is 11.8 Å². The summed E-state index contributed by atoms with van der Waals surface area (Å²) in [5.41, 5.74) is 1.91. The molecule has 136 valence electrons. The Kier molecular flexibility index (Phi) is 4.59. The summed E-state index contributed by atoms with van der Waals surface area (Å²) >= 11 is 12.4. The van der Waals surface area contributed by atoms with Crippen molar-refractivity contribution in [1.29, 1.82) is 0 Å². The fourth-order valence-corrected chi connectivity index (χ4v) is 3.24. The summed E-state index contributed by atoms with van der Waals surface area (Å²) in [4.78, 5) is 21.7. The fourth-order valence-electron chi connectivity index (χ4n) is 2.89. The smallest absolute Gasteiger partial charge is 0.257 e. The number of nitrogens with zero attached hydrogens (tertiary/aromatic N) is 3. The number of hydrogen-bond acceptors (Lipinski definition) is 5. The number of hydrogen-bond donors (Lipinski definition) is 2. The second kappa shape index (κ2) is 7.06. The van der Waals surface area contributed by atoms with Crippen molar-refractivity contribution in [1.82, 2.24) is 9.55 Å². The van der Waals surface area contributed by atoms with E-state index < -0.39 is 6.17 Å². The van der Waals surface area contributed by atoms with E-state index in [-0.39, 0.29) is 5.56 Å². The normalized spacial score (nSPS) is 15.5. The molecule has 1 aliphatic rings. The van der Waals surface area contributed by atoms with Crippen LogP contribution in [0.25, 0.3) is 0 Å². The Morgan fingerprint density at radius 3 is 2.67 bits per heavy atom. The Morgan fingerprint density at radius 2 is 1.89 bits per heavy atom. The summed E-state index contributed by atoms with van der Waals surface area (Å²) in [6.07, 6.45) is -0.552. The van der Waals surface area contributed by atoms with Gasteiger partial charge in [0.15, 0.2) is 6.17 Å². The second-order valence-corrected chi connectivity index (χ2v) is 6.83. The maximum Gasteiger partial charge on any atom is 0.257 e. The molecule has 8 heteroatoms. The van der Waals surface area contributed by atoms with E-state index in [1.165, 1.54) is 10.6 Å². The molecule has 0 spiro atoms. The Balaban J connectivity index is 1.81. The molecule has 0 fully saturated rings. The van der Waals surface area contributed by atoms with Gasteiger partial charge >= 0.3 is 0 Å². The molecule has 4 rings (SSSR count). The van der Waals surface area contributed by atoms with E-state index in [1.807, 2.05) is 30.3 Å². The molecule has 2 aromatic carbocycles. The van der Waals surface area contributed by atoms with E-state index in [0.717, 1.165) is 5.56 Å². The highest BCUT2D eigenvalue weighted by atomic mass is 35.5. The van der Waals surface area contributed by atoms with Gasteiger partial charge < -0.3 is 5.32 Å². The molecule has 1 aliphatic heterocycles. The summed E-state index contributed by atoms with van der Waals surface area (Å²) in [7, 11) is 0. The number of rotatable bonds is 2. The first-order valence-electron chi connectivity index (χ1n) is 8.24. The van der Waals surface area contributed by atoms with Gasteiger partial charge in [-0.3, -0.25) is 14.7 Å². The number of guanidine groups is 1. The lowest BCUT2D eigenvalue weighted by Crippen LogP contribution is -2.37. The van der Waals surface area contributed by atoms with Crippen LogP contribution < -0.4 is 16.2 Å². The molecule has 3 aromatic rings. The van der Waals surface area contributed by atoms with Gasteiger partial charge in [0.05, 0.1) is 15.7 Å². The Bertz CT molecular complexity index is 1090. The molecule has 0 saturated carbocycles. The minimum atomic E-state index is -0.552. The number of aromatic nitrogens is 2. The van der Waals surface area contributed by atoms with Crippen LogP contribution >= 0.6 is 23.2 Å². The van der Waals surface area contributed by atoms with Gasteiger partial charge in [0.2, 0.25) is 11.9 Å². The van der Waals surface area contributed by atoms with Crippen LogP contribution in [0.5, 0.6) is 0 Å². The first-order valence-corrected chi connectivity index (χ1v) is 8.99. The van der Waals surface area contributed by atoms with Crippen molar-refractivity contribution < 1.29 is 0 Å². The van der Waals surface area contributed by atoms with Crippen LogP contribution in [0.3, 0.4) is 0 Å². The highest BCUT2D eigenvalue weighted by molar-refractivity contribution is 6.44. The Morgan fingerprint density at radius 1 is 1.11 bits per heavy atom. The van der Waals surface area contributed by atoms with Crippen LogP contribution in [0.4, 0.5) is 11.6 Å². The molecule has 6 nitrogen and oxygen atoms in total. The van der Waals surface area contributed by atoms with E-state index in [2.05, 4.69) is 20.6 Å². The van der Waals surface area contributed by atoms with E-state index in [9.17, 15) is 4.79 Å². The van der Waals surface area contributed by atoms with Gasteiger partial charge in [-0.1, -0.05) is 59.6 Å². The first-order chi connectivity index (χ1) is 13.0. The molecule has 0 amide bonds. The Labute approximate surface area is 165 Å². The molecule has 2 heterocycles. The van der Waals surface area contributed by atoms with Crippen molar-refractivity contribution in [3.8, 4) is 0 Å². The third-order valence-electron chi connectivity index (χ3n) is 4.11. The molecular formula is C19H15Cl2N5O. The minimum absolute atomic E-state index is 0.178. The zero-order chi connectivity index (χ0) is 19.0. The molecule has 0 bridgehead atoms. The van der Waals surface area contributed by atoms with Crippen LogP contribution in [0.1, 0.15) is 17.4 Å². The first kappa shape index (κ1) is 17.6. The summed E-state index contributed by atoms with van der Waals surface area (Å²) in [6.45, 7) is 1.77. The van der Waals surface area contributed by atoms with Crippen molar-refractivity contribution in [2.24, 2.45) is 4.99 Å². The van der Waals surface area contributed by atoms with Crippen molar-refractivity contribution in [2.75, 3.05) is 10.6 Å².